The van der Waals surface area contributed by atoms with Gasteiger partial charge < -0.3 is 15.5 Å². The van der Waals surface area contributed by atoms with Gasteiger partial charge in [0.05, 0.1) is 0 Å². The van der Waals surface area contributed by atoms with Crippen molar-refractivity contribution in [1.82, 2.24) is 15.5 Å². The van der Waals surface area contributed by atoms with E-state index in [2.05, 4.69) is 46.8 Å². The number of hydrogen-bond donors (Lipinski definition) is 2. The van der Waals surface area contributed by atoms with Gasteiger partial charge in [-0.2, -0.15) is 0 Å². The fourth-order valence-electron chi connectivity index (χ4n) is 3.82. The van der Waals surface area contributed by atoms with Crippen molar-refractivity contribution < 1.29 is 9.59 Å². The summed E-state index contributed by atoms with van der Waals surface area (Å²) in [6, 6.07) is 9.93. The van der Waals surface area contributed by atoms with E-state index in [0.717, 1.165) is 45.2 Å². The Kier molecular flexibility index (Phi) is 9.48. The number of rotatable bonds is 10. The fourth-order valence-corrected chi connectivity index (χ4v) is 3.82. The van der Waals surface area contributed by atoms with Gasteiger partial charge in [-0.15, -0.1) is 0 Å². The van der Waals surface area contributed by atoms with Crippen LogP contribution in [0.1, 0.15) is 57.9 Å². The molecule has 2 N–H and O–H groups in total. The van der Waals surface area contributed by atoms with E-state index in [4.69, 9.17) is 0 Å². The highest BCUT2D eigenvalue weighted by Crippen LogP contribution is 2.24. The Morgan fingerprint density at radius 3 is 2.43 bits per heavy atom. The first-order valence-corrected chi connectivity index (χ1v) is 10.8. The minimum absolute atomic E-state index is 0.0520. The highest BCUT2D eigenvalue weighted by Gasteiger charge is 2.28. The molecule has 5 heteroatoms. The summed E-state index contributed by atoms with van der Waals surface area (Å²) in [5.74, 6) is 0.142. The normalized spacial score (nSPS) is 16.2. The Morgan fingerprint density at radius 2 is 1.79 bits per heavy atom. The number of nitrogens with one attached hydrogen (secondary N) is 2. The lowest BCUT2D eigenvalue weighted by Gasteiger charge is -2.26. The first kappa shape index (κ1) is 22.4. The molecule has 1 aliphatic carbocycles. The summed E-state index contributed by atoms with van der Waals surface area (Å²) in [5, 5.41) is 6.02. The Morgan fingerprint density at radius 1 is 1.11 bits per heavy atom. The van der Waals surface area contributed by atoms with E-state index in [1.165, 1.54) is 12.0 Å². The fraction of sp³-hybridized carbons (Fsp3) is 0.652. The molecule has 0 aromatic heterocycles. The molecule has 1 aliphatic rings. The molecule has 0 spiro atoms. The maximum atomic E-state index is 12.6. The largest absolute Gasteiger partial charge is 0.354 e. The second-order valence-corrected chi connectivity index (χ2v) is 8.43. The molecule has 2 rings (SSSR count). The average Bonchev–Trinajstić information content (AvgIpc) is 2.70. The summed E-state index contributed by atoms with van der Waals surface area (Å²) < 4.78 is 0. The van der Waals surface area contributed by atoms with E-state index in [1.807, 2.05) is 19.9 Å². The van der Waals surface area contributed by atoms with Crippen molar-refractivity contribution in [2.24, 2.45) is 11.8 Å². The van der Waals surface area contributed by atoms with Crippen molar-refractivity contribution in [2.45, 2.75) is 65.0 Å². The van der Waals surface area contributed by atoms with Crippen LogP contribution in [-0.4, -0.2) is 42.9 Å². The highest BCUT2D eigenvalue weighted by molar-refractivity contribution is 5.88. The van der Waals surface area contributed by atoms with Crippen LogP contribution >= 0.6 is 0 Å². The van der Waals surface area contributed by atoms with Gasteiger partial charge in [0.25, 0.3) is 0 Å². The van der Waals surface area contributed by atoms with Gasteiger partial charge in [-0.3, -0.25) is 9.59 Å². The topological polar surface area (TPSA) is 61.4 Å². The monoisotopic (exact) mass is 387 g/mol. The molecule has 2 amide bonds. The molecular weight excluding hydrogens is 350 g/mol. The zero-order valence-electron chi connectivity index (χ0n) is 17.7. The number of nitrogens with zero attached hydrogens (tertiary/aromatic N) is 1. The van der Waals surface area contributed by atoms with Crippen molar-refractivity contribution in [2.75, 3.05) is 20.1 Å². The molecule has 0 saturated heterocycles. The Balaban J connectivity index is 1.70. The molecule has 0 heterocycles. The van der Waals surface area contributed by atoms with Crippen molar-refractivity contribution in [3.05, 3.63) is 35.9 Å². The molecule has 1 aromatic rings. The smallest absolute Gasteiger partial charge is 0.242 e. The summed E-state index contributed by atoms with van der Waals surface area (Å²) >= 11 is 0. The zero-order valence-corrected chi connectivity index (χ0v) is 17.7. The molecule has 1 atom stereocenters. The number of hydrogen-bond acceptors (Lipinski definition) is 3. The zero-order chi connectivity index (χ0) is 20.4. The van der Waals surface area contributed by atoms with Crippen molar-refractivity contribution in [1.29, 1.82) is 0 Å². The van der Waals surface area contributed by atoms with Crippen LogP contribution in [0.5, 0.6) is 0 Å². The first-order valence-electron chi connectivity index (χ1n) is 10.8. The summed E-state index contributed by atoms with van der Waals surface area (Å²) in [7, 11) is 2.09. The van der Waals surface area contributed by atoms with Crippen LogP contribution in [0.25, 0.3) is 0 Å². The molecule has 1 saturated carbocycles. The summed E-state index contributed by atoms with van der Waals surface area (Å²) in [4.78, 5) is 27.4. The summed E-state index contributed by atoms with van der Waals surface area (Å²) in [6.45, 7) is 6.41. The van der Waals surface area contributed by atoms with E-state index in [0.29, 0.717) is 6.54 Å². The molecule has 156 valence electrons. The second kappa shape index (κ2) is 11.8. The Labute approximate surface area is 170 Å². The number of benzene rings is 1. The van der Waals surface area contributed by atoms with Crippen LogP contribution in [0, 0.1) is 11.8 Å². The molecule has 1 unspecified atom stereocenters. The number of amides is 2. The van der Waals surface area contributed by atoms with Gasteiger partial charge in [0.1, 0.15) is 6.04 Å². The van der Waals surface area contributed by atoms with E-state index in [-0.39, 0.29) is 23.7 Å². The van der Waals surface area contributed by atoms with E-state index >= 15 is 0 Å². The van der Waals surface area contributed by atoms with Gasteiger partial charge in [0.2, 0.25) is 11.8 Å². The van der Waals surface area contributed by atoms with Crippen LogP contribution in [0.4, 0.5) is 0 Å². The van der Waals surface area contributed by atoms with Crippen LogP contribution < -0.4 is 10.6 Å². The minimum atomic E-state index is -0.448. The highest BCUT2D eigenvalue weighted by atomic mass is 16.2. The van der Waals surface area contributed by atoms with E-state index < -0.39 is 6.04 Å². The van der Waals surface area contributed by atoms with Crippen molar-refractivity contribution in [3.8, 4) is 0 Å². The quantitative estimate of drug-likeness (QED) is 0.605. The molecular formula is C23H37N3O2. The molecule has 5 nitrogen and oxygen atoms in total. The van der Waals surface area contributed by atoms with Crippen molar-refractivity contribution in [3.63, 3.8) is 0 Å². The second-order valence-electron chi connectivity index (χ2n) is 8.43. The maximum absolute atomic E-state index is 12.6. The van der Waals surface area contributed by atoms with Crippen LogP contribution in [-0.2, 0) is 16.1 Å². The standard InChI is InChI=1S/C23H37N3O2/c1-18(2)21(25-22(27)20-13-8-5-9-14-20)23(28)24-15-10-16-26(3)17-19-11-6-4-7-12-19/h4,6-7,11-12,18,20-21H,5,8-10,13-17H2,1-3H3,(H,24,28)(H,25,27). The maximum Gasteiger partial charge on any atom is 0.242 e. The SMILES string of the molecule is CC(C)C(NC(=O)C1CCCCC1)C(=O)NCCCN(C)Cc1ccccc1. The van der Waals surface area contributed by atoms with Crippen molar-refractivity contribution >= 4 is 11.8 Å². The Hall–Kier alpha value is -1.88. The molecule has 28 heavy (non-hydrogen) atoms. The van der Waals surface area contributed by atoms with Crippen LogP contribution in [0.2, 0.25) is 0 Å². The first-order chi connectivity index (χ1) is 13.5. The number of carbonyl (C=O) groups excluding carboxylic acids is 2. The molecule has 1 aromatic carbocycles. The third-order valence-corrected chi connectivity index (χ3v) is 5.53. The minimum Gasteiger partial charge on any atom is -0.354 e. The third-order valence-electron chi connectivity index (χ3n) is 5.53. The molecule has 0 radical (unpaired) electrons. The van der Waals surface area contributed by atoms with Crippen LogP contribution in [0.15, 0.2) is 30.3 Å². The molecule has 1 fully saturated rings. The van der Waals surface area contributed by atoms with Gasteiger partial charge >= 0.3 is 0 Å². The van der Waals surface area contributed by atoms with Gasteiger partial charge in [-0.05, 0) is 44.3 Å². The van der Waals surface area contributed by atoms with Gasteiger partial charge in [0, 0.05) is 19.0 Å². The third kappa shape index (κ3) is 7.63. The summed E-state index contributed by atoms with van der Waals surface area (Å²) in [6.07, 6.45) is 6.24. The van der Waals surface area contributed by atoms with E-state index in [9.17, 15) is 9.59 Å². The van der Waals surface area contributed by atoms with Gasteiger partial charge in [-0.25, -0.2) is 0 Å². The molecule has 0 bridgehead atoms. The van der Waals surface area contributed by atoms with Gasteiger partial charge in [-0.1, -0.05) is 63.4 Å². The average molecular weight is 388 g/mol. The lowest BCUT2D eigenvalue weighted by atomic mass is 9.88. The lowest BCUT2D eigenvalue weighted by Crippen LogP contribution is -2.51. The van der Waals surface area contributed by atoms with E-state index in [1.54, 1.807) is 0 Å². The Bertz CT molecular complexity index is 597. The molecule has 0 aliphatic heterocycles. The lowest BCUT2D eigenvalue weighted by molar-refractivity contribution is -0.132. The summed E-state index contributed by atoms with van der Waals surface area (Å²) in [5.41, 5.74) is 1.29. The number of carbonyl (C=O) groups is 2. The van der Waals surface area contributed by atoms with Crippen LogP contribution in [0.3, 0.4) is 0 Å². The predicted octanol–water partition coefficient (Wildman–Crippen LogP) is 3.35. The predicted molar refractivity (Wildman–Crippen MR) is 114 cm³/mol. The van der Waals surface area contributed by atoms with Gasteiger partial charge in [0.15, 0.2) is 0 Å².